The lowest BCUT2D eigenvalue weighted by atomic mass is 10.1. The maximum Gasteiger partial charge on any atom is 0.257 e. The molecule has 0 aliphatic carbocycles. The molecule has 2 rings (SSSR count). The van der Waals surface area contributed by atoms with Gasteiger partial charge < -0.3 is 4.90 Å². The molecule has 0 N–H and O–H groups in total. The average Bonchev–Trinajstić information content (AvgIpc) is 2.54. The topological polar surface area (TPSA) is 57.0 Å². The highest BCUT2D eigenvalue weighted by Gasteiger charge is 2.20. The Morgan fingerprint density at radius 1 is 1.32 bits per heavy atom. The molecule has 0 spiro atoms. The van der Waals surface area contributed by atoms with E-state index in [0.29, 0.717) is 0 Å². The molecule has 6 heteroatoms. The second kappa shape index (κ2) is 7.27. The summed E-state index contributed by atoms with van der Waals surface area (Å²) in [5.41, 5.74) is 0.396. The highest BCUT2D eigenvalue weighted by molar-refractivity contribution is 5.94. The molecule has 112 valence electrons. The molecule has 1 heterocycles. The van der Waals surface area contributed by atoms with Crippen LogP contribution in [0.25, 0.3) is 0 Å². The molecule has 0 aliphatic heterocycles. The minimum Gasteiger partial charge on any atom is -0.333 e. The van der Waals surface area contributed by atoms with Gasteiger partial charge in [0.15, 0.2) is 0 Å². The Morgan fingerprint density at radius 3 is 2.82 bits per heavy atom. The van der Waals surface area contributed by atoms with Crippen LogP contribution < -0.4 is 0 Å². The van der Waals surface area contributed by atoms with Gasteiger partial charge in [-0.1, -0.05) is 6.07 Å². The summed E-state index contributed by atoms with van der Waals surface area (Å²) in [4.78, 5) is 17.7. The fourth-order valence-electron chi connectivity index (χ4n) is 1.98. The number of carbonyl (C=O) groups excluding carboxylic acids is 1. The quantitative estimate of drug-likeness (QED) is 0.853. The minimum absolute atomic E-state index is 0.100. The number of rotatable bonds is 5. The van der Waals surface area contributed by atoms with Gasteiger partial charge in [-0.3, -0.25) is 9.78 Å². The van der Waals surface area contributed by atoms with E-state index in [1.54, 1.807) is 24.5 Å². The number of aromatic nitrogens is 1. The number of amides is 1. The third kappa shape index (κ3) is 3.85. The SMILES string of the molecule is N#CCCN(Cc1cccnc1)C(=O)c1cc(F)ccc1F. The maximum atomic E-state index is 13.7. The zero-order valence-corrected chi connectivity index (χ0v) is 11.7. The van der Waals surface area contributed by atoms with E-state index in [9.17, 15) is 13.6 Å². The molecule has 0 bridgehead atoms. The van der Waals surface area contributed by atoms with Gasteiger partial charge in [0, 0.05) is 25.5 Å². The zero-order valence-electron chi connectivity index (χ0n) is 11.7. The van der Waals surface area contributed by atoms with Crippen LogP contribution in [0.2, 0.25) is 0 Å². The van der Waals surface area contributed by atoms with Gasteiger partial charge >= 0.3 is 0 Å². The molecule has 0 radical (unpaired) electrons. The summed E-state index contributed by atoms with van der Waals surface area (Å²) in [5.74, 6) is -2.14. The lowest BCUT2D eigenvalue weighted by Crippen LogP contribution is -2.32. The number of pyridine rings is 1. The number of carbonyl (C=O) groups is 1. The fourth-order valence-corrected chi connectivity index (χ4v) is 1.98. The Balaban J connectivity index is 2.26. The van der Waals surface area contributed by atoms with E-state index in [4.69, 9.17) is 5.26 Å². The van der Waals surface area contributed by atoms with Gasteiger partial charge in [0.05, 0.1) is 18.1 Å². The average molecular weight is 301 g/mol. The molecule has 22 heavy (non-hydrogen) atoms. The summed E-state index contributed by atoms with van der Waals surface area (Å²) in [6.07, 6.45) is 3.27. The van der Waals surface area contributed by atoms with Crippen LogP contribution in [0.5, 0.6) is 0 Å². The van der Waals surface area contributed by atoms with Crippen LogP contribution in [-0.4, -0.2) is 22.3 Å². The summed E-state index contributed by atoms with van der Waals surface area (Å²) in [6.45, 7) is 0.296. The Kier molecular flexibility index (Phi) is 5.15. The maximum absolute atomic E-state index is 13.7. The van der Waals surface area contributed by atoms with Crippen molar-refractivity contribution in [3.63, 3.8) is 0 Å². The van der Waals surface area contributed by atoms with E-state index < -0.39 is 17.5 Å². The van der Waals surface area contributed by atoms with Crippen molar-refractivity contribution in [2.45, 2.75) is 13.0 Å². The number of hydrogen-bond donors (Lipinski definition) is 0. The summed E-state index contributed by atoms with van der Waals surface area (Å²) in [7, 11) is 0. The normalized spacial score (nSPS) is 10.0. The Labute approximate surface area is 126 Å². The summed E-state index contributed by atoms with van der Waals surface area (Å²) < 4.78 is 27.0. The van der Waals surface area contributed by atoms with Crippen molar-refractivity contribution in [2.75, 3.05) is 6.54 Å². The number of benzene rings is 1. The van der Waals surface area contributed by atoms with Gasteiger partial charge in [0.1, 0.15) is 11.6 Å². The Bertz CT molecular complexity index is 698. The predicted molar refractivity (Wildman–Crippen MR) is 75.6 cm³/mol. The first kappa shape index (κ1) is 15.6. The summed E-state index contributed by atoms with van der Waals surface area (Å²) >= 11 is 0. The first-order valence-electron chi connectivity index (χ1n) is 6.62. The molecule has 2 aromatic rings. The highest BCUT2D eigenvalue weighted by Crippen LogP contribution is 2.15. The van der Waals surface area contributed by atoms with Crippen molar-refractivity contribution in [3.8, 4) is 6.07 Å². The van der Waals surface area contributed by atoms with Crippen LogP contribution in [0.1, 0.15) is 22.3 Å². The molecule has 0 saturated carbocycles. The van der Waals surface area contributed by atoms with Crippen LogP contribution >= 0.6 is 0 Å². The standard InChI is InChI=1S/C16H13F2N3O/c17-13-4-5-15(18)14(9-13)16(22)21(8-2-6-19)11-12-3-1-7-20-10-12/h1,3-5,7,9-10H,2,8,11H2. The molecule has 0 unspecified atom stereocenters. The first-order valence-corrected chi connectivity index (χ1v) is 6.62. The molecule has 0 aliphatic rings. The van der Waals surface area contributed by atoms with Gasteiger partial charge in [0.25, 0.3) is 5.91 Å². The lowest BCUT2D eigenvalue weighted by Gasteiger charge is -2.22. The van der Waals surface area contributed by atoms with Gasteiger partial charge in [-0.15, -0.1) is 0 Å². The molecule has 0 saturated heterocycles. The Hall–Kier alpha value is -2.81. The second-order valence-corrected chi connectivity index (χ2v) is 4.62. The number of halogens is 2. The van der Waals surface area contributed by atoms with Crippen LogP contribution in [0.3, 0.4) is 0 Å². The van der Waals surface area contributed by atoms with Crippen molar-refractivity contribution in [3.05, 3.63) is 65.5 Å². The molecule has 1 aromatic heterocycles. The van der Waals surface area contributed by atoms with E-state index in [2.05, 4.69) is 4.98 Å². The first-order chi connectivity index (χ1) is 10.6. The van der Waals surface area contributed by atoms with Crippen LogP contribution in [0.4, 0.5) is 8.78 Å². The van der Waals surface area contributed by atoms with E-state index in [1.165, 1.54) is 4.90 Å². The predicted octanol–water partition coefficient (Wildman–Crippen LogP) is 2.92. The van der Waals surface area contributed by atoms with Crippen molar-refractivity contribution < 1.29 is 13.6 Å². The highest BCUT2D eigenvalue weighted by atomic mass is 19.1. The molecule has 4 nitrogen and oxygen atoms in total. The molecule has 1 aromatic carbocycles. The fraction of sp³-hybridized carbons (Fsp3) is 0.188. The van der Waals surface area contributed by atoms with Gasteiger partial charge in [-0.05, 0) is 29.8 Å². The lowest BCUT2D eigenvalue weighted by molar-refractivity contribution is 0.0741. The molecular formula is C16H13F2N3O. The molecule has 0 fully saturated rings. The number of nitriles is 1. The third-order valence-corrected chi connectivity index (χ3v) is 3.04. The van der Waals surface area contributed by atoms with Crippen molar-refractivity contribution in [1.29, 1.82) is 5.26 Å². The number of hydrogen-bond acceptors (Lipinski definition) is 3. The van der Waals surface area contributed by atoms with Crippen molar-refractivity contribution in [1.82, 2.24) is 9.88 Å². The Morgan fingerprint density at radius 2 is 2.14 bits per heavy atom. The van der Waals surface area contributed by atoms with Crippen LogP contribution in [0, 0.1) is 23.0 Å². The zero-order chi connectivity index (χ0) is 15.9. The minimum atomic E-state index is -0.792. The van der Waals surface area contributed by atoms with Crippen LogP contribution in [0.15, 0.2) is 42.7 Å². The number of nitrogens with zero attached hydrogens (tertiary/aromatic N) is 3. The molecule has 0 atom stereocenters. The van der Waals surface area contributed by atoms with Gasteiger partial charge in [-0.25, -0.2) is 8.78 Å². The largest absolute Gasteiger partial charge is 0.333 e. The van der Waals surface area contributed by atoms with Crippen LogP contribution in [-0.2, 0) is 6.54 Å². The van der Waals surface area contributed by atoms with E-state index in [1.807, 2.05) is 6.07 Å². The summed E-state index contributed by atoms with van der Waals surface area (Å²) in [5, 5.41) is 8.70. The van der Waals surface area contributed by atoms with E-state index >= 15 is 0 Å². The second-order valence-electron chi connectivity index (χ2n) is 4.62. The van der Waals surface area contributed by atoms with E-state index in [0.717, 1.165) is 23.8 Å². The summed E-state index contributed by atoms with van der Waals surface area (Å²) in [6, 6.07) is 8.14. The van der Waals surface area contributed by atoms with Gasteiger partial charge in [0.2, 0.25) is 0 Å². The monoisotopic (exact) mass is 301 g/mol. The molecular weight excluding hydrogens is 288 g/mol. The van der Waals surface area contributed by atoms with Crippen molar-refractivity contribution in [2.24, 2.45) is 0 Å². The third-order valence-electron chi connectivity index (χ3n) is 3.04. The van der Waals surface area contributed by atoms with E-state index in [-0.39, 0.29) is 25.1 Å². The molecule has 1 amide bonds. The van der Waals surface area contributed by atoms with Crippen molar-refractivity contribution >= 4 is 5.91 Å². The smallest absolute Gasteiger partial charge is 0.257 e. The van der Waals surface area contributed by atoms with Gasteiger partial charge in [-0.2, -0.15) is 5.26 Å².